The molecule has 1 aromatic carbocycles. The van der Waals surface area contributed by atoms with E-state index in [0.717, 1.165) is 12.8 Å². The van der Waals surface area contributed by atoms with E-state index in [1.165, 1.54) is 5.56 Å². The highest BCUT2D eigenvalue weighted by Gasteiger charge is 2.45. The van der Waals surface area contributed by atoms with Gasteiger partial charge in [0.1, 0.15) is 0 Å². The monoisotopic (exact) mass is 369 g/mol. The SMILES string of the molecule is O=C([C@H]1CCC[C@@H](C(F)(F)F)C1)N1CC(OCCCc2ccccc2)C1. The van der Waals surface area contributed by atoms with Crippen molar-refractivity contribution in [1.29, 1.82) is 0 Å². The van der Waals surface area contributed by atoms with Crippen molar-refractivity contribution >= 4 is 5.91 Å². The van der Waals surface area contributed by atoms with E-state index in [0.29, 0.717) is 32.5 Å². The molecule has 0 spiro atoms. The van der Waals surface area contributed by atoms with Crippen LogP contribution in [0.3, 0.4) is 0 Å². The summed E-state index contributed by atoms with van der Waals surface area (Å²) in [7, 11) is 0. The van der Waals surface area contributed by atoms with Crippen molar-refractivity contribution in [2.24, 2.45) is 11.8 Å². The zero-order chi connectivity index (χ0) is 18.6. The lowest BCUT2D eigenvalue weighted by Crippen LogP contribution is -2.57. The van der Waals surface area contributed by atoms with Crippen molar-refractivity contribution in [1.82, 2.24) is 4.90 Å². The Balaban J connectivity index is 1.33. The maximum Gasteiger partial charge on any atom is 0.391 e. The maximum absolute atomic E-state index is 12.9. The van der Waals surface area contributed by atoms with Gasteiger partial charge in [-0.1, -0.05) is 36.8 Å². The molecule has 144 valence electrons. The van der Waals surface area contributed by atoms with Crippen LogP contribution in [-0.2, 0) is 16.0 Å². The average Bonchev–Trinajstić information content (AvgIpc) is 2.60. The Morgan fingerprint density at radius 3 is 2.58 bits per heavy atom. The first kappa shape index (κ1) is 19.2. The fraction of sp³-hybridized carbons (Fsp3) is 0.650. The zero-order valence-electron chi connectivity index (χ0n) is 14.9. The highest BCUT2D eigenvalue weighted by molar-refractivity contribution is 5.79. The van der Waals surface area contributed by atoms with Gasteiger partial charge in [0, 0.05) is 25.6 Å². The molecule has 1 saturated carbocycles. The van der Waals surface area contributed by atoms with Crippen LogP contribution in [-0.4, -0.2) is 42.8 Å². The van der Waals surface area contributed by atoms with E-state index >= 15 is 0 Å². The number of ether oxygens (including phenoxy) is 1. The molecule has 2 fully saturated rings. The molecule has 3 nitrogen and oxygen atoms in total. The van der Waals surface area contributed by atoms with Gasteiger partial charge in [0.15, 0.2) is 0 Å². The van der Waals surface area contributed by atoms with Gasteiger partial charge < -0.3 is 9.64 Å². The molecule has 26 heavy (non-hydrogen) atoms. The van der Waals surface area contributed by atoms with E-state index < -0.39 is 18.0 Å². The van der Waals surface area contributed by atoms with Crippen LogP contribution in [0.5, 0.6) is 0 Å². The first-order chi connectivity index (χ1) is 12.4. The number of nitrogens with zero attached hydrogens (tertiary/aromatic N) is 1. The van der Waals surface area contributed by atoms with Gasteiger partial charge in [0.25, 0.3) is 0 Å². The molecule has 2 aliphatic rings. The van der Waals surface area contributed by atoms with E-state index in [4.69, 9.17) is 4.74 Å². The summed E-state index contributed by atoms with van der Waals surface area (Å²) < 4.78 is 44.4. The lowest BCUT2D eigenvalue weighted by atomic mass is 9.80. The summed E-state index contributed by atoms with van der Waals surface area (Å²) in [4.78, 5) is 14.1. The van der Waals surface area contributed by atoms with E-state index in [1.807, 2.05) is 18.2 Å². The van der Waals surface area contributed by atoms with Crippen LogP contribution in [0.25, 0.3) is 0 Å². The van der Waals surface area contributed by atoms with Crippen LogP contribution in [0.1, 0.15) is 37.7 Å². The Hall–Kier alpha value is -1.56. The molecule has 1 aliphatic carbocycles. The lowest BCUT2D eigenvalue weighted by Gasteiger charge is -2.42. The number of likely N-dealkylation sites (tertiary alicyclic amines) is 1. The number of halogens is 3. The van der Waals surface area contributed by atoms with E-state index in [1.54, 1.807) is 4.90 Å². The second-order valence-corrected chi connectivity index (χ2v) is 7.43. The molecular formula is C20H26F3NO2. The molecule has 1 heterocycles. The minimum Gasteiger partial charge on any atom is -0.375 e. The number of alkyl halides is 3. The van der Waals surface area contributed by atoms with Crippen LogP contribution in [0.15, 0.2) is 30.3 Å². The first-order valence-electron chi connectivity index (χ1n) is 9.44. The van der Waals surface area contributed by atoms with E-state index in [2.05, 4.69) is 12.1 Å². The van der Waals surface area contributed by atoms with Gasteiger partial charge in [-0.3, -0.25) is 4.79 Å². The second-order valence-electron chi connectivity index (χ2n) is 7.43. The Morgan fingerprint density at radius 2 is 1.88 bits per heavy atom. The van der Waals surface area contributed by atoms with Crippen molar-refractivity contribution in [2.45, 2.75) is 50.8 Å². The minimum absolute atomic E-state index is 0.0247. The molecule has 0 unspecified atom stereocenters. The van der Waals surface area contributed by atoms with Gasteiger partial charge in [-0.25, -0.2) is 0 Å². The van der Waals surface area contributed by atoms with Crippen LogP contribution in [0, 0.1) is 11.8 Å². The second kappa shape index (κ2) is 8.42. The maximum atomic E-state index is 12.9. The molecule has 1 aliphatic heterocycles. The van der Waals surface area contributed by atoms with Crippen molar-refractivity contribution < 1.29 is 22.7 Å². The Morgan fingerprint density at radius 1 is 1.15 bits per heavy atom. The van der Waals surface area contributed by atoms with Crippen LogP contribution in [0.2, 0.25) is 0 Å². The van der Waals surface area contributed by atoms with Crippen LogP contribution in [0.4, 0.5) is 13.2 Å². The third-order valence-electron chi connectivity index (χ3n) is 5.45. The summed E-state index contributed by atoms with van der Waals surface area (Å²) in [5, 5.41) is 0. The first-order valence-corrected chi connectivity index (χ1v) is 9.44. The standard InChI is InChI=1S/C20H26F3NO2/c21-20(22,23)17-10-4-9-16(12-17)19(25)24-13-18(14-24)26-11-5-8-15-6-2-1-3-7-15/h1-3,6-7,16-18H,4-5,8-14H2/t16-,17+/m0/s1. The molecule has 0 bridgehead atoms. The summed E-state index contributed by atoms with van der Waals surface area (Å²) in [6.45, 7) is 1.66. The molecule has 1 amide bonds. The Kier molecular flexibility index (Phi) is 6.22. The van der Waals surface area contributed by atoms with Crippen LogP contribution >= 0.6 is 0 Å². The Bertz CT molecular complexity index is 584. The largest absolute Gasteiger partial charge is 0.391 e. The van der Waals surface area contributed by atoms with E-state index in [9.17, 15) is 18.0 Å². The highest BCUT2D eigenvalue weighted by atomic mass is 19.4. The van der Waals surface area contributed by atoms with Gasteiger partial charge in [-0.15, -0.1) is 0 Å². The van der Waals surface area contributed by atoms with Gasteiger partial charge in [-0.2, -0.15) is 13.2 Å². The number of amides is 1. The topological polar surface area (TPSA) is 29.5 Å². The zero-order valence-corrected chi connectivity index (χ0v) is 14.9. The van der Waals surface area contributed by atoms with Crippen molar-refractivity contribution in [3.8, 4) is 0 Å². The molecular weight excluding hydrogens is 343 g/mol. The summed E-state index contributed by atoms with van der Waals surface area (Å²) in [5.41, 5.74) is 1.28. The van der Waals surface area contributed by atoms with Crippen molar-refractivity contribution in [2.75, 3.05) is 19.7 Å². The number of hydrogen-bond donors (Lipinski definition) is 0. The molecule has 2 atom stereocenters. The molecule has 3 rings (SSSR count). The lowest BCUT2D eigenvalue weighted by molar-refractivity contribution is -0.188. The Labute approximate surface area is 152 Å². The predicted molar refractivity (Wildman–Crippen MR) is 92.6 cm³/mol. The van der Waals surface area contributed by atoms with Gasteiger partial charge in [0.2, 0.25) is 5.91 Å². The fourth-order valence-electron chi connectivity index (χ4n) is 3.86. The molecule has 6 heteroatoms. The molecule has 1 saturated heterocycles. The number of carbonyl (C=O) groups excluding carboxylic acids is 1. The number of benzene rings is 1. The normalized spacial score (nSPS) is 24.3. The quantitative estimate of drug-likeness (QED) is 0.703. The highest BCUT2D eigenvalue weighted by Crippen LogP contribution is 2.40. The van der Waals surface area contributed by atoms with Crippen molar-refractivity contribution in [3.63, 3.8) is 0 Å². The smallest absolute Gasteiger partial charge is 0.375 e. The van der Waals surface area contributed by atoms with Crippen LogP contribution < -0.4 is 0 Å². The summed E-state index contributed by atoms with van der Waals surface area (Å²) >= 11 is 0. The molecule has 1 aromatic rings. The number of rotatable bonds is 6. The fourth-order valence-corrected chi connectivity index (χ4v) is 3.86. The van der Waals surface area contributed by atoms with Crippen molar-refractivity contribution in [3.05, 3.63) is 35.9 Å². The van der Waals surface area contributed by atoms with E-state index in [-0.39, 0.29) is 24.9 Å². The predicted octanol–water partition coefficient (Wildman–Crippen LogP) is 4.22. The molecule has 0 N–H and O–H groups in total. The van der Waals surface area contributed by atoms with Gasteiger partial charge in [0.05, 0.1) is 12.0 Å². The molecule has 0 aromatic heterocycles. The number of carbonyl (C=O) groups is 1. The summed E-state index contributed by atoms with van der Waals surface area (Å²) in [5.74, 6) is -1.92. The third kappa shape index (κ3) is 5.00. The minimum atomic E-state index is -4.18. The third-order valence-corrected chi connectivity index (χ3v) is 5.45. The number of hydrogen-bond acceptors (Lipinski definition) is 2. The summed E-state index contributed by atoms with van der Waals surface area (Å²) in [6, 6.07) is 10.2. The van der Waals surface area contributed by atoms with Gasteiger partial charge in [-0.05, 0) is 37.7 Å². The molecule has 0 radical (unpaired) electrons. The average molecular weight is 369 g/mol. The van der Waals surface area contributed by atoms with Gasteiger partial charge >= 0.3 is 6.18 Å². The number of aryl methyl sites for hydroxylation is 1. The summed E-state index contributed by atoms with van der Waals surface area (Å²) in [6.07, 6.45) is -1.13.